The minimum atomic E-state index is -0.949. The van der Waals surface area contributed by atoms with E-state index in [0.29, 0.717) is 4.88 Å². The third kappa shape index (κ3) is 2.90. The van der Waals surface area contributed by atoms with E-state index in [0.717, 1.165) is 10.8 Å². The highest BCUT2D eigenvalue weighted by atomic mass is 32.1. The van der Waals surface area contributed by atoms with E-state index in [4.69, 9.17) is 5.11 Å². The van der Waals surface area contributed by atoms with Gasteiger partial charge in [0.2, 0.25) is 0 Å². The van der Waals surface area contributed by atoms with Gasteiger partial charge in [-0.2, -0.15) is 0 Å². The van der Waals surface area contributed by atoms with Gasteiger partial charge < -0.3 is 5.11 Å². The summed E-state index contributed by atoms with van der Waals surface area (Å²) >= 11 is 1.35. The molecule has 0 aliphatic heterocycles. The predicted molar refractivity (Wildman–Crippen MR) is 71.9 cm³/mol. The molecule has 0 radical (unpaired) electrons. The average molecular weight is 278 g/mol. The molecule has 2 aromatic heterocycles. The monoisotopic (exact) mass is 278 g/mol. The summed E-state index contributed by atoms with van der Waals surface area (Å²) in [6.07, 6.45) is 3.55. The quantitative estimate of drug-likeness (QED) is 0.853. The number of aryl methyl sites for hydroxylation is 1. The number of hydrogen-bond donors (Lipinski definition) is 1. The Balaban J connectivity index is 2.15. The molecular formula is C13H14N2O3S. The molecule has 0 bridgehead atoms. The number of carbonyl (C=O) groups is 2. The van der Waals surface area contributed by atoms with Crippen LogP contribution >= 0.6 is 11.3 Å². The topological polar surface area (TPSA) is 72.2 Å². The lowest BCUT2D eigenvalue weighted by Crippen LogP contribution is -2.14. The first-order valence-corrected chi connectivity index (χ1v) is 6.67. The summed E-state index contributed by atoms with van der Waals surface area (Å²) < 4.78 is 1.89. The van der Waals surface area contributed by atoms with Crippen molar-refractivity contribution in [1.29, 1.82) is 0 Å². The molecule has 0 aliphatic carbocycles. The van der Waals surface area contributed by atoms with Crippen LogP contribution in [0.3, 0.4) is 0 Å². The van der Waals surface area contributed by atoms with E-state index in [9.17, 15) is 9.59 Å². The van der Waals surface area contributed by atoms with E-state index in [1.807, 2.05) is 23.8 Å². The lowest BCUT2D eigenvalue weighted by molar-refractivity contribution is -0.141. The van der Waals surface area contributed by atoms with Gasteiger partial charge in [0, 0.05) is 18.8 Å². The van der Waals surface area contributed by atoms with Crippen LogP contribution in [0.4, 0.5) is 0 Å². The SMILES string of the molecule is Cc1nccn1-c1ccc(C(=O)CC(C)C(=O)O)s1. The maximum atomic E-state index is 11.9. The summed E-state index contributed by atoms with van der Waals surface area (Å²) in [5.41, 5.74) is 0. The van der Waals surface area contributed by atoms with Crippen molar-refractivity contribution < 1.29 is 14.7 Å². The van der Waals surface area contributed by atoms with Gasteiger partial charge in [-0.25, -0.2) is 4.98 Å². The first-order chi connectivity index (χ1) is 8.99. The molecule has 1 unspecified atom stereocenters. The van der Waals surface area contributed by atoms with Gasteiger partial charge in [-0.15, -0.1) is 11.3 Å². The molecule has 2 aromatic rings. The van der Waals surface area contributed by atoms with Crippen LogP contribution < -0.4 is 0 Å². The van der Waals surface area contributed by atoms with Crippen LogP contribution in [0.5, 0.6) is 0 Å². The van der Waals surface area contributed by atoms with Gasteiger partial charge in [-0.3, -0.25) is 14.2 Å². The smallest absolute Gasteiger partial charge is 0.306 e. The zero-order chi connectivity index (χ0) is 14.0. The molecule has 0 amide bonds. The number of rotatable bonds is 5. The first-order valence-electron chi connectivity index (χ1n) is 5.85. The Bertz CT molecular complexity index is 615. The van der Waals surface area contributed by atoms with E-state index in [-0.39, 0.29) is 12.2 Å². The molecule has 1 atom stereocenters. The largest absolute Gasteiger partial charge is 0.481 e. The Morgan fingerprint density at radius 2 is 2.21 bits per heavy atom. The lowest BCUT2D eigenvalue weighted by atomic mass is 10.0. The zero-order valence-corrected chi connectivity index (χ0v) is 11.5. The number of imidazole rings is 1. The highest BCUT2D eigenvalue weighted by Gasteiger charge is 2.18. The Labute approximate surface area is 114 Å². The molecule has 5 nitrogen and oxygen atoms in total. The molecular weight excluding hydrogens is 264 g/mol. The summed E-state index contributed by atoms with van der Waals surface area (Å²) in [4.78, 5) is 27.4. The average Bonchev–Trinajstić information content (AvgIpc) is 2.96. The van der Waals surface area contributed by atoms with Crippen molar-refractivity contribution in [3.05, 3.63) is 35.2 Å². The molecule has 0 aliphatic rings. The molecule has 0 aromatic carbocycles. The van der Waals surface area contributed by atoms with Crippen molar-refractivity contribution in [1.82, 2.24) is 9.55 Å². The normalized spacial score (nSPS) is 12.3. The van der Waals surface area contributed by atoms with Crippen LogP contribution in [-0.2, 0) is 4.79 Å². The molecule has 2 heterocycles. The number of carbonyl (C=O) groups excluding carboxylic acids is 1. The summed E-state index contributed by atoms with van der Waals surface area (Å²) in [6, 6.07) is 3.58. The van der Waals surface area contributed by atoms with Crippen molar-refractivity contribution in [3.63, 3.8) is 0 Å². The molecule has 19 heavy (non-hydrogen) atoms. The molecule has 100 valence electrons. The second-order valence-electron chi connectivity index (χ2n) is 4.35. The molecule has 0 saturated carbocycles. The molecule has 0 saturated heterocycles. The van der Waals surface area contributed by atoms with Crippen molar-refractivity contribution in [3.8, 4) is 5.00 Å². The van der Waals surface area contributed by atoms with Gasteiger partial charge in [0.25, 0.3) is 0 Å². The fourth-order valence-corrected chi connectivity index (χ4v) is 2.67. The molecule has 0 spiro atoms. The minimum absolute atomic E-state index is 0.0260. The number of carboxylic acids is 1. The summed E-state index contributed by atoms with van der Waals surface area (Å²) in [7, 11) is 0. The van der Waals surface area contributed by atoms with E-state index >= 15 is 0 Å². The van der Waals surface area contributed by atoms with E-state index in [1.165, 1.54) is 18.3 Å². The predicted octanol–water partition coefficient (Wildman–Crippen LogP) is 2.54. The van der Waals surface area contributed by atoms with Crippen molar-refractivity contribution in [2.24, 2.45) is 5.92 Å². The number of Topliss-reactive ketones (excluding diaryl/α,β-unsaturated/α-hetero) is 1. The fraction of sp³-hybridized carbons (Fsp3) is 0.308. The second-order valence-corrected chi connectivity index (χ2v) is 5.41. The van der Waals surface area contributed by atoms with Crippen LogP contribution in [0, 0.1) is 12.8 Å². The van der Waals surface area contributed by atoms with Crippen LogP contribution in [-0.4, -0.2) is 26.4 Å². The number of ketones is 1. The molecule has 6 heteroatoms. The highest BCUT2D eigenvalue weighted by Crippen LogP contribution is 2.24. The Hall–Kier alpha value is -1.95. The van der Waals surface area contributed by atoms with E-state index in [2.05, 4.69) is 4.98 Å². The van der Waals surface area contributed by atoms with Crippen molar-refractivity contribution in [2.45, 2.75) is 20.3 Å². The van der Waals surface area contributed by atoms with Crippen LogP contribution in [0.25, 0.3) is 5.00 Å². The minimum Gasteiger partial charge on any atom is -0.481 e. The van der Waals surface area contributed by atoms with Crippen LogP contribution in [0.2, 0.25) is 0 Å². The Morgan fingerprint density at radius 3 is 2.79 bits per heavy atom. The van der Waals surface area contributed by atoms with Gasteiger partial charge >= 0.3 is 5.97 Å². The standard InChI is InChI=1S/C13H14N2O3S/c1-8(13(17)18)7-10(16)11-3-4-12(19-11)15-6-5-14-9(15)2/h3-6,8H,7H2,1-2H3,(H,17,18). The highest BCUT2D eigenvalue weighted by molar-refractivity contribution is 7.16. The summed E-state index contributed by atoms with van der Waals surface area (Å²) in [5, 5.41) is 9.71. The van der Waals surface area contributed by atoms with Gasteiger partial charge in [-0.05, 0) is 19.1 Å². The summed E-state index contributed by atoms with van der Waals surface area (Å²) in [6.45, 7) is 3.42. The number of thiophene rings is 1. The van der Waals surface area contributed by atoms with Crippen LogP contribution in [0.1, 0.15) is 28.8 Å². The number of carboxylic acid groups (broad SMARTS) is 1. The third-order valence-corrected chi connectivity index (χ3v) is 3.97. The number of hydrogen-bond acceptors (Lipinski definition) is 4. The van der Waals surface area contributed by atoms with Gasteiger partial charge in [-0.1, -0.05) is 6.92 Å². The second kappa shape index (κ2) is 5.36. The maximum Gasteiger partial charge on any atom is 0.306 e. The summed E-state index contributed by atoms with van der Waals surface area (Å²) in [5.74, 6) is -0.896. The third-order valence-electron chi connectivity index (χ3n) is 2.84. The van der Waals surface area contributed by atoms with Crippen LogP contribution in [0.15, 0.2) is 24.5 Å². The van der Waals surface area contributed by atoms with Gasteiger partial charge in [0.15, 0.2) is 5.78 Å². The Kier molecular flexibility index (Phi) is 3.80. The number of aliphatic carboxylic acids is 1. The first kappa shape index (κ1) is 13.5. The van der Waals surface area contributed by atoms with E-state index < -0.39 is 11.9 Å². The fourth-order valence-electron chi connectivity index (χ4n) is 1.68. The maximum absolute atomic E-state index is 11.9. The molecule has 2 rings (SSSR count). The number of nitrogens with zero attached hydrogens (tertiary/aromatic N) is 2. The Morgan fingerprint density at radius 1 is 1.47 bits per heavy atom. The molecule has 1 N–H and O–H groups in total. The molecule has 0 fully saturated rings. The van der Waals surface area contributed by atoms with E-state index in [1.54, 1.807) is 12.3 Å². The zero-order valence-electron chi connectivity index (χ0n) is 10.7. The van der Waals surface area contributed by atoms with Crippen molar-refractivity contribution in [2.75, 3.05) is 0 Å². The number of aromatic nitrogens is 2. The van der Waals surface area contributed by atoms with Crippen molar-refractivity contribution >= 4 is 23.1 Å². The van der Waals surface area contributed by atoms with Gasteiger partial charge in [0.05, 0.1) is 10.8 Å². The van der Waals surface area contributed by atoms with Gasteiger partial charge in [0.1, 0.15) is 10.8 Å². The lowest BCUT2D eigenvalue weighted by Gasteiger charge is -2.03.